The first-order valence-electron chi connectivity index (χ1n) is 4.99. The summed E-state index contributed by atoms with van der Waals surface area (Å²) in [6.07, 6.45) is -1.36. The number of aryl methyl sites for hydroxylation is 1. The van der Waals surface area contributed by atoms with Crippen LogP contribution in [0, 0.1) is 0 Å². The highest BCUT2D eigenvalue weighted by Gasteiger charge is 2.15. The van der Waals surface area contributed by atoms with E-state index in [2.05, 4.69) is 5.32 Å². The molecule has 0 aromatic heterocycles. The van der Waals surface area contributed by atoms with Crippen LogP contribution >= 0.6 is 0 Å². The third-order valence-corrected chi connectivity index (χ3v) is 2.35. The lowest BCUT2D eigenvalue weighted by Crippen LogP contribution is -2.19. The van der Waals surface area contributed by atoms with E-state index in [1.165, 1.54) is 0 Å². The zero-order chi connectivity index (χ0) is 11.5. The fourth-order valence-corrected chi connectivity index (χ4v) is 1.60. The Morgan fingerprint density at radius 2 is 2.19 bits per heavy atom. The van der Waals surface area contributed by atoms with Gasteiger partial charge in [0.2, 0.25) is 5.91 Å². The number of rotatable bonds is 3. The van der Waals surface area contributed by atoms with Gasteiger partial charge < -0.3 is 10.1 Å². The average molecular weight is 227 g/mol. The molecule has 0 aliphatic carbocycles. The molecule has 86 valence electrons. The molecule has 0 bridgehead atoms. The number of carbonyl (C=O) groups is 1. The molecule has 1 N–H and O–H groups in total. The van der Waals surface area contributed by atoms with E-state index in [-0.39, 0.29) is 5.91 Å². The van der Waals surface area contributed by atoms with Crippen LogP contribution in [0.1, 0.15) is 12.0 Å². The molecule has 0 saturated heterocycles. The van der Waals surface area contributed by atoms with Crippen LogP contribution in [0.5, 0.6) is 5.75 Å². The number of hydrogen-bond acceptors (Lipinski definition) is 2. The van der Waals surface area contributed by atoms with Crippen LogP contribution in [0.2, 0.25) is 0 Å². The number of carbonyl (C=O) groups excluding carboxylic acids is 1. The van der Waals surface area contributed by atoms with Crippen molar-refractivity contribution in [3.63, 3.8) is 0 Å². The second-order valence-corrected chi connectivity index (χ2v) is 3.57. The van der Waals surface area contributed by atoms with E-state index in [1.54, 1.807) is 18.2 Å². The number of ether oxygens (including phenoxy) is 1. The summed E-state index contributed by atoms with van der Waals surface area (Å²) < 4.78 is 28.7. The minimum absolute atomic E-state index is 0.0569. The molecule has 1 aliphatic heterocycles. The van der Waals surface area contributed by atoms with Gasteiger partial charge in [-0.05, 0) is 18.1 Å². The Kier molecular flexibility index (Phi) is 3.03. The summed E-state index contributed by atoms with van der Waals surface area (Å²) in [5, 5.41) is 2.68. The lowest BCUT2D eigenvalue weighted by atomic mass is 10.0. The number of fused-ring (bicyclic) bond motifs is 1. The topological polar surface area (TPSA) is 38.3 Å². The second kappa shape index (κ2) is 4.47. The molecule has 1 amide bonds. The number of halogens is 2. The van der Waals surface area contributed by atoms with Gasteiger partial charge in [0.15, 0.2) is 0 Å². The summed E-state index contributed by atoms with van der Waals surface area (Å²) in [4.78, 5) is 11.1. The fraction of sp³-hybridized carbons (Fsp3) is 0.364. The van der Waals surface area contributed by atoms with Gasteiger partial charge in [-0.1, -0.05) is 6.07 Å². The van der Waals surface area contributed by atoms with Gasteiger partial charge in [-0.25, -0.2) is 8.78 Å². The Morgan fingerprint density at radius 1 is 1.38 bits per heavy atom. The predicted molar refractivity (Wildman–Crippen MR) is 54.9 cm³/mol. The summed E-state index contributed by atoms with van der Waals surface area (Å²) in [5.41, 5.74) is 1.66. The van der Waals surface area contributed by atoms with Crippen LogP contribution in [0.3, 0.4) is 0 Å². The van der Waals surface area contributed by atoms with Gasteiger partial charge in [-0.3, -0.25) is 4.79 Å². The van der Waals surface area contributed by atoms with Crippen molar-refractivity contribution in [3.05, 3.63) is 23.8 Å². The molecule has 1 aromatic rings. The van der Waals surface area contributed by atoms with Gasteiger partial charge in [-0.2, -0.15) is 0 Å². The fourth-order valence-electron chi connectivity index (χ4n) is 1.60. The summed E-state index contributed by atoms with van der Waals surface area (Å²) in [6, 6.07) is 5.00. The maximum Gasteiger partial charge on any atom is 0.272 e. The third-order valence-electron chi connectivity index (χ3n) is 2.35. The highest BCUT2D eigenvalue weighted by molar-refractivity contribution is 5.94. The Bertz CT molecular complexity index is 407. The summed E-state index contributed by atoms with van der Waals surface area (Å²) in [6.45, 7) is -0.632. The summed E-state index contributed by atoms with van der Waals surface area (Å²) in [5.74, 6) is 0.291. The zero-order valence-electron chi connectivity index (χ0n) is 8.50. The maximum atomic E-state index is 11.9. The Hall–Kier alpha value is -1.65. The van der Waals surface area contributed by atoms with Gasteiger partial charge in [-0.15, -0.1) is 0 Å². The number of benzene rings is 1. The van der Waals surface area contributed by atoms with Crippen molar-refractivity contribution in [2.75, 3.05) is 11.9 Å². The molecule has 0 unspecified atom stereocenters. The monoisotopic (exact) mass is 227 g/mol. The third kappa shape index (κ3) is 2.48. The van der Waals surface area contributed by atoms with E-state index in [9.17, 15) is 13.6 Å². The van der Waals surface area contributed by atoms with Crippen LogP contribution in [-0.2, 0) is 11.2 Å². The van der Waals surface area contributed by atoms with Crippen LogP contribution in [0.15, 0.2) is 18.2 Å². The summed E-state index contributed by atoms with van der Waals surface area (Å²) in [7, 11) is 0. The van der Waals surface area contributed by atoms with Crippen molar-refractivity contribution in [1.29, 1.82) is 0 Å². The van der Waals surface area contributed by atoms with Crippen molar-refractivity contribution in [2.24, 2.45) is 0 Å². The molecule has 2 rings (SSSR count). The van der Waals surface area contributed by atoms with Crippen molar-refractivity contribution < 1.29 is 18.3 Å². The minimum atomic E-state index is -2.49. The van der Waals surface area contributed by atoms with E-state index in [0.29, 0.717) is 24.3 Å². The molecule has 0 fully saturated rings. The van der Waals surface area contributed by atoms with Crippen LogP contribution in [-0.4, -0.2) is 18.9 Å². The molecule has 0 saturated carbocycles. The Labute approximate surface area is 91.4 Å². The van der Waals surface area contributed by atoms with Crippen LogP contribution < -0.4 is 10.1 Å². The molecule has 3 nitrogen and oxygen atoms in total. The summed E-state index contributed by atoms with van der Waals surface area (Å²) >= 11 is 0. The highest BCUT2D eigenvalue weighted by Crippen LogP contribution is 2.27. The van der Waals surface area contributed by atoms with E-state index in [0.717, 1.165) is 5.56 Å². The molecule has 1 aromatic carbocycles. The highest BCUT2D eigenvalue weighted by atomic mass is 19.3. The quantitative estimate of drug-likeness (QED) is 0.859. The standard InChI is InChI=1S/C11H11F2NO2/c12-10(13)6-16-8-3-1-7-2-4-11(15)14-9(7)5-8/h1,3,5,10H,2,4,6H2,(H,14,15). The SMILES string of the molecule is O=C1CCc2ccc(OCC(F)F)cc2N1. The molecule has 0 radical (unpaired) electrons. The minimum Gasteiger partial charge on any atom is -0.488 e. The average Bonchev–Trinajstić information content (AvgIpc) is 2.25. The van der Waals surface area contributed by atoms with Crippen molar-refractivity contribution in [2.45, 2.75) is 19.3 Å². The number of anilines is 1. The Balaban J connectivity index is 2.12. The van der Waals surface area contributed by atoms with Gasteiger partial charge in [0.25, 0.3) is 6.43 Å². The van der Waals surface area contributed by atoms with E-state index in [4.69, 9.17) is 4.74 Å². The van der Waals surface area contributed by atoms with Crippen LogP contribution in [0.25, 0.3) is 0 Å². The predicted octanol–water partition coefficient (Wildman–Crippen LogP) is 2.22. The van der Waals surface area contributed by atoms with Gasteiger partial charge in [0, 0.05) is 18.2 Å². The first kappa shape index (κ1) is 10.9. The van der Waals surface area contributed by atoms with E-state index >= 15 is 0 Å². The van der Waals surface area contributed by atoms with Gasteiger partial charge in [0.1, 0.15) is 12.4 Å². The van der Waals surface area contributed by atoms with E-state index < -0.39 is 13.0 Å². The second-order valence-electron chi connectivity index (χ2n) is 3.57. The molecule has 0 spiro atoms. The van der Waals surface area contributed by atoms with Crippen molar-refractivity contribution >= 4 is 11.6 Å². The lowest BCUT2D eigenvalue weighted by Gasteiger charge is -2.17. The van der Waals surface area contributed by atoms with Gasteiger partial charge in [0.05, 0.1) is 0 Å². The number of hydrogen-bond donors (Lipinski definition) is 1. The largest absolute Gasteiger partial charge is 0.488 e. The smallest absolute Gasteiger partial charge is 0.272 e. The number of alkyl halides is 2. The Morgan fingerprint density at radius 3 is 2.94 bits per heavy atom. The zero-order valence-corrected chi connectivity index (χ0v) is 8.50. The molecule has 0 atom stereocenters. The molecular weight excluding hydrogens is 216 g/mol. The number of amides is 1. The normalized spacial score (nSPS) is 14.6. The first-order valence-corrected chi connectivity index (χ1v) is 4.99. The van der Waals surface area contributed by atoms with Crippen molar-refractivity contribution in [3.8, 4) is 5.75 Å². The molecule has 16 heavy (non-hydrogen) atoms. The number of nitrogens with one attached hydrogen (secondary N) is 1. The molecule has 5 heteroatoms. The molecule has 1 heterocycles. The maximum absolute atomic E-state index is 11.9. The molecular formula is C11H11F2NO2. The molecule has 1 aliphatic rings. The van der Waals surface area contributed by atoms with E-state index in [1.807, 2.05) is 0 Å². The van der Waals surface area contributed by atoms with Gasteiger partial charge >= 0.3 is 0 Å². The van der Waals surface area contributed by atoms with Crippen LogP contribution in [0.4, 0.5) is 14.5 Å². The first-order chi connectivity index (χ1) is 7.65. The lowest BCUT2D eigenvalue weighted by molar-refractivity contribution is -0.116. The van der Waals surface area contributed by atoms with Crippen molar-refractivity contribution in [1.82, 2.24) is 0 Å².